The third kappa shape index (κ3) is 2.58. The van der Waals surface area contributed by atoms with Gasteiger partial charge in [0.05, 0.1) is 18.0 Å². The van der Waals surface area contributed by atoms with E-state index < -0.39 is 0 Å². The number of hydrogen-bond acceptors (Lipinski definition) is 3. The van der Waals surface area contributed by atoms with Crippen molar-refractivity contribution in [2.45, 2.75) is 32.4 Å². The van der Waals surface area contributed by atoms with Crippen molar-refractivity contribution in [2.75, 3.05) is 13.2 Å². The molecular formula is C11H19N3O. The van der Waals surface area contributed by atoms with Crippen molar-refractivity contribution in [1.82, 2.24) is 14.7 Å². The molecule has 1 aromatic heterocycles. The Morgan fingerprint density at radius 2 is 2.33 bits per heavy atom. The molecule has 1 aromatic rings. The summed E-state index contributed by atoms with van der Waals surface area (Å²) in [6, 6.07) is 2.81. The molecule has 0 aliphatic heterocycles. The fraction of sp³-hybridized carbons (Fsp3) is 0.727. The van der Waals surface area contributed by atoms with Crippen LogP contribution in [-0.2, 0) is 13.6 Å². The minimum Gasteiger partial charge on any atom is -0.395 e. The van der Waals surface area contributed by atoms with Crippen molar-refractivity contribution < 1.29 is 5.11 Å². The fourth-order valence-electron chi connectivity index (χ4n) is 1.98. The van der Waals surface area contributed by atoms with Crippen molar-refractivity contribution in [2.24, 2.45) is 7.05 Å². The van der Waals surface area contributed by atoms with Gasteiger partial charge in [-0.05, 0) is 25.8 Å². The summed E-state index contributed by atoms with van der Waals surface area (Å²) in [5.41, 5.74) is 2.29. The smallest absolute Gasteiger partial charge is 0.0597 e. The highest BCUT2D eigenvalue weighted by Gasteiger charge is 2.28. The summed E-state index contributed by atoms with van der Waals surface area (Å²) in [5.74, 6) is 0. The molecule has 0 aromatic carbocycles. The number of rotatable bonds is 5. The van der Waals surface area contributed by atoms with Crippen LogP contribution in [0.25, 0.3) is 0 Å². The summed E-state index contributed by atoms with van der Waals surface area (Å²) in [5, 5.41) is 13.3. The van der Waals surface area contributed by atoms with Crippen LogP contribution in [0.3, 0.4) is 0 Å². The van der Waals surface area contributed by atoms with E-state index in [-0.39, 0.29) is 6.61 Å². The van der Waals surface area contributed by atoms with E-state index in [0.29, 0.717) is 6.04 Å². The summed E-state index contributed by atoms with van der Waals surface area (Å²) in [4.78, 5) is 2.34. The summed E-state index contributed by atoms with van der Waals surface area (Å²) < 4.78 is 1.93. The molecule has 4 heteroatoms. The summed E-state index contributed by atoms with van der Waals surface area (Å²) >= 11 is 0. The molecule has 15 heavy (non-hydrogen) atoms. The van der Waals surface area contributed by atoms with Gasteiger partial charge in [0.15, 0.2) is 0 Å². The first kappa shape index (κ1) is 10.6. The lowest BCUT2D eigenvalue weighted by molar-refractivity contribution is 0.180. The van der Waals surface area contributed by atoms with Crippen molar-refractivity contribution in [3.63, 3.8) is 0 Å². The summed E-state index contributed by atoms with van der Waals surface area (Å²) in [6.45, 7) is 3.93. The van der Waals surface area contributed by atoms with Crippen LogP contribution in [0.5, 0.6) is 0 Å². The maximum absolute atomic E-state index is 9.00. The van der Waals surface area contributed by atoms with E-state index in [2.05, 4.69) is 16.1 Å². The Bertz CT molecular complexity index is 331. The van der Waals surface area contributed by atoms with Crippen LogP contribution in [0.1, 0.15) is 24.2 Å². The van der Waals surface area contributed by atoms with Gasteiger partial charge in [-0.15, -0.1) is 0 Å². The molecule has 4 nitrogen and oxygen atoms in total. The topological polar surface area (TPSA) is 41.3 Å². The third-order valence-electron chi connectivity index (χ3n) is 2.91. The Morgan fingerprint density at radius 3 is 2.80 bits per heavy atom. The average molecular weight is 209 g/mol. The largest absolute Gasteiger partial charge is 0.395 e. The van der Waals surface area contributed by atoms with Gasteiger partial charge in [0.2, 0.25) is 0 Å². The second-order valence-electron chi connectivity index (χ2n) is 4.33. The van der Waals surface area contributed by atoms with Gasteiger partial charge in [0.25, 0.3) is 0 Å². The van der Waals surface area contributed by atoms with E-state index >= 15 is 0 Å². The van der Waals surface area contributed by atoms with Crippen LogP contribution in [0.4, 0.5) is 0 Å². The van der Waals surface area contributed by atoms with E-state index in [9.17, 15) is 0 Å². The normalized spacial score (nSPS) is 16.3. The Balaban J connectivity index is 2.01. The van der Waals surface area contributed by atoms with Gasteiger partial charge in [-0.1, -0.05) is 0 Å². The second-order valence-corrected chi connectivity index (χ2v) is 4.33. The highest BCUT2D eigenvalue weighted by Crippen LogP contribution is 2.27. The van der Waals surface area contributed by atoms with Crippen molar-refractivity contribution >= 4 is 0 Å². The molecular weight excluding hydrogens is 190 g/mol. The average Bonchev–Trinajstić information content (AvgIpc) is 2.94. The Kier molecular flexibility index (Phi) is 3.07. The Morgan fingerprint density at radius 1 is 1.60 bits per heavy atom. The molecule has 0 saturated heterocycles. The second kappa shape index (κ2) is 4.33. The predicted octanol–water partition coefficient (Wildman–Crippen LogP) is 0.685. The minimum absolute atomic E-state index is 0.243. The SMILES string of the molecule is Cc1cc(CN(CCO)C2CC2)n(C)n1. The molecule has 0 spiro atoms. The van der Waals surface area contributed by atoms with Gasteiger partial charge in [-0.25, -0.2) is 0 Å². The number of aliphatic hydroxyl groups excluding tert-OH is 1. The highest BCUT2D eigenvalue weighted by molar-refractivity contribution is 5.09. The molecule has 0 unspecified atom stereocenters. The standard InChI is InChI=1S/C11H19N3O/c1-9-7-11(13(2)12-9)8-14(5-6-15)10-3-4-10/h7,10,15H,3-6,8H2,1-2H3. The lowest BCUT2D eigenvalue weighted by Crippen LogP contribution is -2.29. The van der Waals surface area contributed by atoms with Gasteiger partial charge in [0, 0.05) is 26.2 Å². The highest BCUT2D eigenvalue weighted by atomic mass is 16.3. The van der Waals surface area contributed by atoms with Crippen molar-refractivity contribution in [3.05, 3.63) is 17.5 Å². The summed E-state index contributed by atoms with van der Waals surface area (Å²) in [6.07, 6.45) is 2.55. The monoisotopic (exact) mass is 209 g/mol. The number of aryl methyl sites for hydroxylation is 2. The minimum atomic E-state index is 0.243. The molecule has 1 fully saturated rings. The van der Waals surface area contributed by atoms with E-state index in [1.54, 1.807) is 0 Å². The van der Waals surface area contributed by atoms with Gasteiger partial charge in [-0.2, -0.15) is 5.10 Å². The first-order chi connectivity index (χ1) is 7.20. The van der Waals surface area contributed by atoms with E-state index in [1.807, 2.05) is 18.7 Å². The molecule has 1 aliphatic rings. The van der Waals surface area contributed by atoms with Crippen LogP contribution in [0, 0.1) is 6.92 Å². The predicted molar refractivity (Wildman–Crippen MR) is 58.5 cm³/mol. The van der Waals surface area contributed by atoms with Gasteiger partial charge < -0.3 is 5.11 Å². The van der Waals surface area contributed by atoms with Gasteiger partial charge in [-0.3, -0.25) is 9.58 Å². The molecule has 0 atom stereocenters. The lowest BCUT2D eigenvalue weighted by atomic mass is 10.3. The molecule has 2 rings (SSSR count). The third-order valence-corrected chi connectivity index (χ3v) is 2.91. The van der Waals surface area contributed by atoms with Crippen LogP contribution in [-0.4, -0.2) is 39.0 Å². The molecule has 1 saturated carbocycles. The number of nitrogens with zero attached hydrogens (tertiary/aromatic N) is 3. The van der Waals surface area contributed by atoms with E-state index in [0.717, 1.165) is 18.8 Å². The van der Waals surface area contributed by atoms with Crippen LogP contribution < -0.4 is 0 Å². The Labute approximate surface area is 90.5 Å². The summed E-state index contributed by atoms with van der Waals surface area (Å²) in [7, 11) is 1.98. The zero-order chi connectivity index (χ0) is 10.8. The Hall–Kier alpha value is -0.870. The van der Waals surface area contributed by atoms with Gasteiger partial charge >= 0.3 is 0 Å². The van der Waals surface area contributed by atoms with Crippen LogP contribution in [0.2, 0.25) is 0 Å². The molecule has 1 aliphatic carbocycles. The first-order valence-corrected chi connectivity index (χ1v) is 5.55. The molecule has 1 N–H and O–H groups in total. The van der Waals surface area contributed by atoms with E-state index in [1.165, 1.54) is 18.5 Å². The number of aromatic nitrogens is 2. The fourth-order valence-corrected chi connectivity index (χ4v) is 1.98. The number of aliphatic hydroxyl groups is 1. The van der Waals surface area contributed by atoms with Crippen molar-refractivity contribution in [3.8, 4) is 0 Å². The maximum atomic E-state index is 9.00. The molecule has 0 bridgehead atoms. The molecule has 1 heterocycles. The first-order valence-electron chi connectivity index (χ1n) is 5.55. The zero-order valence-electron chi connectivity index (χ0n) is 9.48. The van der Waals surface area contributed by atoms with Crippen LogP contribution in [0.15, 0.2) is 6.07 Å². The maximum Gasteiger partial charge on any atom is 0.0597 e. The van der Waals surface area contributed by atoms with Crippen LogP contribution >= 0.6 is 0 Å². The van der Waals surface area contributed by atoms with E-state index in [4.69, 9.17) is 5.11 Å². The lowest BCUT2D eigenvalue weighted by Gasteiger charge is -2.20. The van der Waals surface area contributed by atoms with Crippen molar-refractivity contribution in [1.29, 1.82) is 0 Å². The molecule has 0 amide bonds. The van der Waals surface area contributed by atoms with Gasteiger partial charge in [0.1, 0.15) is 0 Å². The number of hydrogen-bond donors (Lipinski definition) is 1. The zero-order valence-corrected chi connectivity index (χ0v) is 9.48. The molecule has 0 radical (unpaired) electrons. The quantitative estimate of drug-likeness (QED) is 0.775. The molecule has 84 valence electrons.